The molecule has 4 nitrogen and oxygen atoms in total. The molecule has 2 aromatic rings. The molecule has 0 atom stereocenters. The maximum absolute atomic E-state index is 5.52. The Bertz CT molecular complexity index is 492. The summed E-state index contributed by atoms with van der Waals surface area (Å²) in [5, 5.41) is 4.24. The highest BCUT2D eigenvalue weighted by molar-refractivity contribution is 14.1. The first-order valence-electron chi connectivity index (χ1n) is 5.07. The summed E-state index contributed by atoms with van der Waals surface area (Å²) in [5.74, 6) is 0.878. The third-order valence-electron chi connectivity index (χ3n) is 2.31. The van der Waals surface area contributed by atoms with E-state index in [0.29, 0.717) is 6.54 Å². The van der Waals surface area contributed by atoms with Crippen molar-refractivity contribution in [3.8, 4) is 5.82 Å². The maximum Gasteiger partial charge on any atom is 0.156 e. The number of pyridine rings is 1. The lowest BCUT2D eigenvalue weighted by Crippen LogP contribution is -2.06. The topological polar surface area (TPSA) is 56.7 Å². The van der Waals surface area contributed by atoms with E-state index in [1.54, 1.807) is 4.68 Å². The van der Waals surface area contributed by atoms with Crippen LogP contribution >= 0.6 is 22.6 Å². The van der Waals surface area contributed by atoms with E-state index in [1.165, 1.54) is 5.56 Å². The Hall–Kier alpha value is -0.950. The Morgan fingerprint density at radius 3 is 2.81 bits per heavy atom. The van der Waals surface area contributed by atoms with E-state index < -0.39 is 0 Å². The minimum atomic E-state index is 0.653. The zero-order chi connectivity index (χ0) is 11.5. The van der Waals surface area contributed by atoms with Gasteiger partial charge in [-0.2, -0.15) is 5.10 Å². The molecule has 0 aliphatic heterocycles. The number of nitrogens with zero attached hydrogens (tertiary/aromatic N) is 3. The summed E-state index contributed by atoms with van der Waals surface area (Å²) >= 11 is 2.23. The molecule has 16 heavy (non-hydrogen) atoms. The van der Waals surface area contributed by atoms with E-state index in [-0.39, 0.29) is 0 Å². The number of hydrogen-bond donors (Lipinski definition) is 1. The van der Waals surface area contributed by atoms with Crippen LogP contribution in [0.1, 0.15) is 11.1 Å². The molecule has 84 valence electrons. The number of rotatable bonds is 3. The first-order valence-corrected chi connectivity index (χ1v) is 6.14. The number of aryl methyl sites for hydroxylation is 1. The number of halogens is 1. The van der Waals surface area contributed by atoms with Crippen LogP contribution in [-0.2, 0) is 6.42 Å². The normalized spacial score (nSPS) is 10.7. The van der Waals surface area contributed by atoms with Crippen LogP contribution < -0.4 is 5.73 Å². The molecule has 0 amide bonds. The SMILES string of the molecule is Cc1cc(CCN)cnc1-n1cc(I)cn1. The van der Waals surface area contributed by atoms with Crippen molar-refractivity contribution in [1.82, 2.24) is 14.8 Å². The summed E-state index contributed by atoms with van der Waals surface area (Å²) in [5.41, 5.74) is 7.80. The first-order chi connectivity index (χ1) is 7.70. The van der Waals surface area contributed by atoms with Gasteiger partial charge in [-0.15, -0.1) is 0 Å². The smallest absolute Gasteiger partial charge is 0.156 e. The highest BCUT2D eigenvalue weighted by Crippen LogP contribution is 2.13. The molecule has 2 aromatic heterocycles. The Balaban J connectivity index is 2.36. The second-order valence-corrected chi connectivity index (χ2v) is 4.87. The van der Waals surface area contributed by atoms with Crippen molar-refractivity contribution in [2.24, 2.45) is 5.73 Å². The number of aromatic nitrogens is 3. The van der Waals surface area contributed by atoms with E-state index in [2.05, 4.69) is 38.7 Å². The quantitative estimate of drug-likeness (QED) is 0.873. The van der Waals surface area contributed by atoms with Crippen molar-refractivity contribution in [2.45, 2.75) is 13.3 Å². The first kappa shape index (κ1) is 11.5. The van der Waals surface area contributed by atoms with Crippen LogP contribution in [0.15, 0.2) is 24.7 Å². The summed E-state index contributed by atoms with van der Waals surface area (Å²) in [7, 11) is 0. The van der Waals surface area contributed by atoms with Crippen LogP contribution in [0.5, 0.6) is 0 Å². The lowest BCUT2D eigenvalue weighted by Gasteiger charge is -2.06. The van der Waals surface area contributed by atoms with Crippen LogP contribution in [0.2, 0.25) is 0 Å². The largest absolute Gasteiger partial charge is 0.330 e. The molecule has 2 heterocycles. The van der Waals surface area contributed by atoms with Crippen molar-refractivity contribution in [2.75, 3.05) is 6.54 Å². The average molecular weight is 328 g/mol. The van der Waals surface area contributed by atoms with Gasteiger partial charge < -0.3 is 5.73 Å². The fourth-order valence-corrected chi connectivity index (χ4v) is 1.97. The third-order valence-corrected chi connectivity index (χ3v) is 2.87. The lowest BCUT2D eigenvalue weighted by atomic mass is 10.1. The molecule has 0 radical (unpaired) electrons. The molecule has 0 aromatic carbocycles. The van der Waals surface area contributed by atoms with Crippen molar-refractivity contribution in [3.63, 3.8) is 0 Å². The second kappa shape index (κ2) is 4.92. The summed E-state index contributed by atoms with van der Waals surface area (Å²) in [6, 6.07) is 2.11. The minimum absolute atomic E-state index is 0.653. The molecule has 0 fully saturated rings. The van der Waals surface area contributed by atoms with E-state index >= 15 is 0 Å². The van der Waals surface area contributed by atoms with Gasteiger partial charge in [0.05, 0.1) is 9.77 Å². The minimum Gasteiger partial charge on any atom is -0.330 e. The average Bonchev–Trinajstić information content (AvgIpc) is 2.65. The Kier molecular flexibility index (Phi) is 3.55. The summed E-state index contributed by atoms with van der Waals surface area (Å²) in [6.45, 7) is 2.69. The van der Waals surface area contributed by atoms with Crippen molar-refractivity contribution >= 4 is 22.6 Å². The second-order valence-electron chi connectivity index (χ2n) is 3.63. The molecule has 2 N–H and O–H groups in total. The van der Waals surface area contributed by atoms with E-state index in [1.807, 2.05) is 25.5 Å². The molecular formula is C11H13IN4. The molecular weight excluding hydrogens is 315 g/mol. The van der Waals surface area contributed by atoms with Crippen LogP contribution in [0.3, 0.4) is 0 Å². The molecule has 0 unspecified atom stereocenters. The van der Waals surface area contributed by atoms with Gasteiger partial charge in [0.2, 0.25) is 0 Å². The Labute approximate surface area is 108 Å². The monoisotopic (exact) mass is 328 g/mol. The van der Waals surface area contributed by atoms with Gasteiger partial charge in [-0.3, -0.25) is 0 Å². The summed E-state index contributed by atoms with van der Waals surface area (Å²) < 4.78 is 2.90. The lowest BCUT2D eigenvalue weighted by molar-refractivity contribution is 0.831. The molecule has 0 aliphatic rings. The number of nitrogens with two attached hydrogens (primary N) is 1. The summed E-state index contributed by atoms with van der Waals surface area (Å²) in [6.07, 6.45) is 6.50. The van der Waals surface area contributed by atoms with Gasteiger partial charge in [0, 0.05) is 12.4 Å². The fraction of sp³-hybridized carbons (Fsp3) is 0.273. The van der Waals surface area contributed by atoms with Crippen molar-refractivity contribution in [1.29, 1.82) is 0 Å². The molecule has 0 spiro atoms. The fourth-order valence-electron chi connectivity index (χ4n) is 1.59. The van der Waals surface area contributed by atoms with E-state index in [0.717, 1.165) is 21.4 Å². The predicted octanol–water partition coefficient (Wildman–Crippen LogP) is 1.68. The number of hydrogen-bond acceptors (Lipinski definition) is 3. The Morgan fingerprint density at radius 2 is 2.25 bits per heavy atom. The van der Waals surface area contributed by atoms with Crippen LogP contribution in [0.4, 0.5) is 0 Å². The predicted molar refractivity (Wildman–Crippen MR) is 71.6 cm³/mol. The van der Waals surface area contributed by atoms with Gasteiger partial charge in [-0.1, -0.05) is 6.07 Å². The standard InChI is InChI=1S/C11H13IN4/c1-8-4-9(2-3-13)5-14-11(8)16-7-10(12)6-15-16/h4-7H,2-3,13H2,1H3. The van der Waals surface area contributed by atoms with E-state index in [9.17, 15) is 0 Å². The molecule has 0 aliphatic carbocycles. The zero-order valence-electron chi connectivity index (χ0n) is 9.02. The molecule has 2 rings (SSSR count). The molecule has 0 saturated carbocycles. The van der Waals surface area contributed by atoms with Gasteiger partial charge in [-0.25, -0.2) is 9.67 Å². The molecule has 5 heteroatoms. The van der Waals surface area contributed by atoms with E-state index in [4.69, 9.17) is 5.73 Å². The van der Waals surface area contributed by atoms with Gasteiger partial charge in [-0.05, 0) is 53.6 Å². The van der Waals surface area contributed by atoms with Crippen molar-refractivity contribution < 1.29 is 0 Å². The maximum atomic E-state index is 5.52. The van der Waals surface area contributed by atoms with Gasteiger partial charge in [0.1, 0.15) is 0 Å². The van der Waals surface area contributed by atoms with Gasteiger partial charge in [0.15, 0.2) is 5.82 Å². The van der Waals surface area contributed by atoms with Gasteiger partial charge >= 0.3 is 0 Å². The van der Waals surface area contributed by atoms with Crippen LogP contribution in [0.25, 0.3) is 5.82 Å². The molecule has 0 bridgehead atoms. The highest BCUT2D eigenvalue weighted by Gasteiger charge is 2.05. The molecule has 0 saturated heterocycles. The third kappa shape index (κ3) is 2.41. The zero-order valence-corrected chi connectivity index (χ0v) is 11.2. The Morgan fingerprint density at radius 1 is 1.44 bits per heavy atom. The van der Waals surface area contributed by atoms with Crippen LogP contribution in [-0.4, -0.2) is 21.3 Å². The van der Waals surface area contributed by atoms with Gasteiger partial charge in [0.25, 0.3) is 0 Å². The highest BCUT2D eigenvalue weighted by atomic mass is 127. The van der Waals surface area contributed by atoms with Crippen LogP contribution in [0, 0.1) is 10.5 Å². The van der Waals surface area contributed by atoms with Crippen molar-refractivity contribution in [3.05, 3.63) is 39.4 Å². The summed E-state index contributed by atoms with van der Waals surface area (Å²) in [4.78, 5) is 4.42.